The number of benzene rings is 2. The van der Waals surface area contributed by atoms with Crippen LogP contribution in [-0.4, -0.2) is 49.0 Å². The number of piperidine rings is 1. The maximum absolute atomic E-state index is 12.7. The summed E-state index contributed by atoms with van der Waals surface area (Å²) in [5.74, 6) is 1.93. The van der Waals surface area contributed by atoms with Crippen molar-refractivity contribution in [1.82, 2.24) is 4.90 Å². The summed E-state index contributed by atoms with van der Waals surface area (Å²) in [7, 11) is 1.58. The van der Waals surface area contributed by atoms with Gasteiger partial charge in [-0.05, 0) is 36.8 Å². The van der Waals surface area contributed by atoms with Gasteiger partial charge in [-0.1, -0.05) is 23.2 Å². The Labute approximate surface area is 197 Å². The molecule has 0 N–H and O–H groups in total. The Hall–Kier alpha value is -2.44. The third-order valence-corrected chi connectivity index (χ3v) is 6.54. The number of ketones is 1. The van der Waals surface area contributed by atoms with Crippen LogP contribution >= 0.6 is 23.2 Å². The first kappa shape index (κ1) is 22.7. The van der Waals surface area contributed by atoms with Crippen molar-refractivity contribution < 1.29 is 23.8 Å². The van der Waals surface area contributed by atoms with Gasteiger partial charge in [-0.3, -0.25) is 9.59 Å². The van der Waals surface area contributed by atoms with E-state index in [0.717, 1.165) is 0 Å². The summed E-state index contributed by atoms with van der Waals surface area (Å²) in [6, 6.07) is 10.3. The average Bonchev–Trinajstić information content (AvgIpc) is 2.77. The molecule has 32 heavy (non-hydrogen) atoms. The molecule has 2 aliphatic heterocycles. The first-order chi connectivity index (χ1) is 15.4. The maximum Gasteiger partial charge on any atom is 0.222 e. The first-order valence-corrected chi connectivity index (χ1v) is 11.4. The van der Waals surface area contributed by atoms with E-state index in [0.29, 0.717) is 84.7 Å². The number of amides is 1. The third-order valence-electron chi connectivity index (χ3n) is 6.01. The SMILES string of the molecule is COc1ccc2c(c1)OC1(CCN(C(=O)CCCOc3ccc(Cl)cc3Cl)CC1)CC2=O. The number of carbonyl (C=O) groups excluding carboxylic acids is 2. The Morgan fingerprint density at radius 3 is 2.66 bits per heavy atom. The molecule has 0 bridgehead atoms. The van der Waals surface area contributed by atoms with Crippen molar-refractivity contribution in [2.45, 2.75) is 37.7 Å². The fraction of sp³-hybridized carbons (Fsp3) is 0.417. The lowest BCUT2D eigenvalue weighted by molar-refractivity contribution is -0.135. The van der Waals surface area contributed by atoms with Gasteiger partial charge in [0.1, 0.15) is 22.8 Å². The summed E-state index contributed by atoms with van der Waals surface area (Å²) in [6.45, 7) is 1.52. The number of fused-ring (bicyclic) bond motifs is 1. The van der Waals surface area contributed by atoms with Gasteiger partial charge in [-0.15, -0.1) is 0 Å². The number of ether oxygens (including phenoxy) is 3. The highest BCUT2D eigenvalue weighted by Gasteiger charge is 2.43. The van der Waals surface area contributed by atoms with E-state index in [1.54, 1.807) is 43.5 Å². The van der Waals surface area contributed by atoms with Gasteiger partial charge in [-0.2, -0.15) is 0 Å². The zero-order valence-corrected chi connectivity index (χ0v) is 19.4. The minimum Gasteiger partial charge on any atom is -0.497 e. The van der Waals surface area contributed by atoms with Crippen LogP contribution in [0.1, 0.15) is 42.5 Å². The van der Waals surface area contributed by atoms with Crippen molar-refractivity contribution in [3.8, 4) is 17.2 Å². The quantitative estimate of drug-likeness (QED) is 0.535. The lowest BCUT2D eigenvalue weighted by atomic mass is 9.82. The molecule has 1 spiro atoms. The van der Waals surface area contributed by atoms with Gasteiger partial charge in [0.25, 0.3) is 0 Å². The fourth-order valence-corrected chi connectivity index (χ4v) is 4.66. The van der Waals surface area contributed by atoms with Crippen molar-refractivity contribution in [2.24, 2.45) is 0 Å². The molecule has 0 aromatic heterocycles. The summed E-state index contributed by atoms with van der Waals surface area (Å²) < 4.78 is 17.2. The van der Waals surface area contributed by atoms with Gasteiger partial charge in [-0.25, -0.2) is 0 Å². The highest BCUT2D eigenvalue weighted by atomic mass is 35.5. The van der Waals surface area contributed by atoms with Crippen molar-refractivity contribution >= 4 is 34.9 Å². The number of carbonyl (C=O) groups is 2. The third kappa shape index (κ3) is 4.97. The summed E-state index contributed by atoms with van der Waals surface area (Å²) in [4.78, 5) is 27.2. The van der Waals surface area contributed by atoms with Gasteiger partial charge in [0, 0.05) is 43.4 Å². The van der Waals surface area contributed by atoms with Gasteiger partial charge in [0.05, 0.1) is 30.7 Å². The molecule has 4 rings (SSSR count). The second kappa shape index (κ2) is 9.59. The molecule has 2 aromatic rings. The van der Waals surface area contributed by atoms with Crippen LogP contribution in [0.25, 0.3) is 0 Å². The van der Waals surface area contributed by atoms with E-state index in [1.165, 1.54) is 0 Å². The average molecular weight is 478 g/mol. The molecular formula is C24H25Cl2NO5. The molecule has 0 unspecified atom stereocenters. The Morgan fingerprint density at radius 2 is 1.94 bits per heavy atom. The van der Waals surface area contributed by atoms with Gasteiger partial charge < -0.3 is 19.1 Å². The van der Waals surface area contributed by atoms with E-state index in [9.17, 15) is 9.59 Å². The molecular weight excluding hydrogens is 453 g/mol. The topological polar surface area (TPSA) is 65.1 Å². The van der Waals surface area contributed by atoms with Crippen LogP contribution in [0.2, 0.25) is 10.0 Å². The Kier molecular flexibility index (Phi) is 6.82. The highest BCUT2D eigenvalue weighted by Crippen LogP contribution is 2.40. The Bertz CT molecular complexity index is 1020. The molecule has 170 valence electrons. The van der Waals surface area contributed by atoms with Crippen LogP contribution in [0, 0.1) is 0 Å². The zero-order chi connectivity index (χ0) is 22.7. The zero-order valence-electron chi connectivity index (χ0n) is 17.9. The smallest absolute Gasteiger partial charge is 0.222 e. The van der Waals surface area contributed by atoms with Gasteiger partial charge >= 0.3 is 0 Å². The van der Waals surface area contributed by atoms with Crippen molar-refractivity contribution in [1.29, 1.82) is 0 Å². The second-order valence-electron chi connectivity index (χ2n) is 8.15. The number of hydrogen-bond donors (Lipinski definition) is 0. The summed E-state index contributed by atoms with van der Waals surface area (Å²) in [5.41, 5.74) is 0.0394. The number of hydrogen-bond acceptors (Lipinski definition) is 5. The number of Topliss-reactive ketones (excluding diaryl/α,β-unsaturated/α-hetero) is 1. The highest BCUT2D eigenvalue weighted by molar-refractivity contribution is 6.35. The van der Waals surface area contributed by atoms with Crippen LogP contribution in [0.4, 0.5) is 0 Å². The van der Waals surface area contributed by atoms with Crippen LogP contribution in [0.3, 0.4) is 0 Å². The van der Waals surface area contributed by atoms with Gasteiger partial charge in [0.2, 0.25) is 5.91 Å². The summed E-state index contributed by atoms with van der Waals surface area (Å²) >= 11 is 12.0. The van der Waals surface area contributed by atoms with E-state index in [1.807, 2.05) is 4.90 Å². The number of methoxy groups -OCH3 is 1. The lowest BCUT2D eigenvalue weighted by Crippen LogP contribution is -2.52. The number of likely N-dealkylation sites (tertiary alicyclic amines) is 1. The monoisotopic (exact) mass is 477 g/mol. The fourth-order valence-electron chi connectivity index (χ4n) is 4.20. The Balaban J connectivity index is 1.27. The van der Waals surface area contributed by atoms with Crippen LogP contribution in [0.5, 0.6) is 17.2 Å². The Morgan fingerprint density at radius 1 is 1.16 bits per heavy atom. The molecule has 6 nitrogen and oxygen atoms in total. The molecule has 1 saturated heterocycles. The van der Waals surface area contributed by atoms with Crippen molar-refractivity contribution in [2.75, 3.05) is 26.8 Å². The van der Waals surface area contributed by atoms with E-state index >= 15 is 0 Å². The molecule has 0 radical (unpaired) electrons. The lowest BCUT2D eigenvalue weighted by Gasteiger charge is -2.44. The molecule has 0 atom stereocenters. The molecule has 0 saturated carbocycles. The molecule has 8 heteroatoms. The second-order valence-corrected chi connectivity index (χ2v) is 9.00. The number of halogens is 2. The molecule has 2 heterocycles. The van der Waals surface area contributed by atoms with E-state index in [2.05, 4.69) is 0 Å². The maximum atomic E-state index is 12.7. The predicted molar refractivity (Wildman–Crippen MR) is 122 cm³/mol. The van der Waals surface area contributed by atoms with Crippen molar-refractivity contribution in [3.05, 3.63) is 52.0 Å². The van der Waals surface area contributed by atoms with Crippen LogP contribution < -0.4 is 14.2 Å². The number of rotatable bonds is 6. The van der Waals surface area contributed by atoms with E-state index in [-0.39, 0.29) is 11.7 Å². The molecule has 2 aromatic carbocycles. The normalized spacial score (nSPS) is 17.0. The van der Waals surface area contributed by atoms with Gasteiger partial charge in [0.15, 0.2) is 5.78 Å². The number of nitrogens with zero attached hydrogens (tertiary/aromatic N) is 1. The predicted octanol–water partition coefficient (Wildman–Crippen LogP) is 5.19. The minimum absolute atomic E-state index is 0.0756. The summed E-state index contributed by atoms with van der Waals surface area (Å²) in [6.07, 6.45) is 2.56. The minimum atomic E-state index is -0.554. The van der Waals surface area contributed by atoms with E-state index < -0.39 is 5.60 Å². The van der Waals surface area contributed by atoms with Crippen LogP contribution in [0.15, 0.2) is 36.4 Å². The van der Waals surface area contributed by atoms with Crippen molar-refractivity contribution in [3.63, 3.8) is 0 Å². The van der Waals surface area contributed by atoms with E-state index in [4.69, 9.17) is 37.4 Å². The molecule has 1 amide bonds. The largest absolute Gasteiger partial charge is 0.497 e. The molecule has 1 fully saturated rings. The molecule has 0 aliphatic carbocycles. The standard InChI is InChI=1S/C24H25Cl2NO5/c1-30-17-5-6-18-20(28)15-24(32-22(18)14-17)8-10-27(11-9-24)23(29)3-2-12-31-21-7-4-16(25)13-19(21)26/h4-7,13-14H,2-3,8-12,15H2,1H3. The van der Waals surface area contributed by atoms with Crippen LogP contribution in [-0.2, 0) is 4.79 Å². The molecule has 2 aliphatic rings. The summed E-state index contributed by atoms with van der Waals surface area (Å²) in [5, 5.41) is 0.998. The first-order valence-electron chi connectivity index (χ1n) is 10.6.